The van der Waals surface area contributed by atoms with Crippen LogP contribution < -0.4 is 26.6 Å². The molecule has 6 atom stereocenters. The number of aliphatic hydroxyl groups is 1. The number of aliphatic hydroxyl groups excluding tert-OH is 1. The van der Waals surface area contributed by atoms with Crippen LogP contribution in [0.5, 0.6) is 0 Å². The summed E-state index contributed by atoms with van der Waals surface area (Å²) in [7, 11) is 0. The van der Waals surface area contributed by atoms with E-state index in [2.05, 4.69) is 36.6 Å². The fraction of sp³-hybridized carbons (Fsp3) is 0.694. The van der Waals surface area contributed by atoms with E-state index in [9.17, 15) is 29.1 Å². The highest BCUT2D eigenvalue weighted by Crippen LogP contribution is 2.18. The summed E-state index contributed by atoms with van der Waals surface area (Å²) in [6.07, 6.45) is -1.18. The molecule has 0 saturated heterocycles. The van der Waals surface area contributed by atoms with E-state index < -0.39 is 59.9 Å². The monoisotopic (exact) mass is 765 g/mol. The maximum atomic E-state index is 13.8. The second kappa shape index (κ2) is 21.8. The Morgan fingerprint density at radius 2 is 1.31 bits per heavy atom. The Balaban J connectivity index is 2.15. The predicted octanol–water partition coefficient (Wildman–Crippen LogP) is 3.64. The van der Waals surface area contributed by atoms with Gasteiger partial charge in [-0.15, -0.1) is 22.7 Å². The van der Waals surface area contributed by atoms with Gasteiger partial charge >= 0.3 is 6.09 Å². The van der Waals surface area contributed by atoms with Crippen molar-refractivity contribution >= 4 is 52.4 Å². The van der Waals surface area contributed by atoms with Crippen molar-refractivity contribution in [1.29, 1.82) is 0 Å². The van der Waals surface area contributed by atoms with Crippen LogP contribution >= 0.6 is 22.7 Å². The molecule has 2 rings (SSSR count). The first kappa shape index (κ1) is 44.5. The number of aromatic nitrogens is 2. The summed E-state index contributed by atoms with van der Waals surface area (Å²) >= 11 is 2.80. The molecule has 14 nitrogen and oxygen atoms in total. The van der Waals surface area contributed by atoms with Gasteiger partial charge in [0.1, 0.15) is 23.7 Å². The Labute approximate surface area is 316 Å². The molecule has 5 amide bonds. The maximum Gasteiger partial charge on any atom is 0.407 e. The molecule has 0 bridgehead atoms. The number of nitrogens with one attached hydrogen (secondary N) is 5. The lowest BCUT2D eigenvalue weighted by Crippen LogP contribution is -2.57. The Bertz CT molecular complexity index is 1460. The normalized spacial score (nSPS) is 15.0. The number of aryl methyl sites for hydroxylation is 2. The highest BCUT2D eigenvalue weighted by atomic mass is 32.1. The molecule has 0 fully saturated rings. The van der Waals surface area contributed by atoms with Crippen LogP contribution in [0.2, 0.25) is 0 Å². The van der Waals surface area contributed by atoms with E-state index in [0.717, 1.165) is 16.4 Å². The van der Waals surface area contributed by atoms with Gasteiger partial charge in [0.25, 0.3) is 0 Å². The molecule has 6 N–H and O–H groups in total. The molecule has 0 aliphatic rings. The molecule has 0 saturated carbocycles. The number of ether oxygens (including phenoxy) is 1. The fourth-order valence-corrected chi connectivity index (χ4v) is 6.77. The third kappa shape index (κ3) is 15.9. The molecule has 0 unspecified atom stereocenters. The van der Waals surface area contributed by atoms with E-state index >= 15 is 0 Å². The molecule has 2 heterocycles. The van der Waals surface area contributed by atoms with Crippen molar-refractivity contribution in [2.75, 3.05) is 13.1 Å². The minimum absolute atomic E-state index is 0.00399. The van der Waals surface area contributed by atoms with Crippen molar-refractivity contribution in [2.24, 2.45) is 29.6 Å². The number of carbonyl (C=O) groups is 5. The van der Waals surface area contributed by atoms with Crippen molar-refractivity contribution in [1.82, 2.24) is 36.6 Å². The second-order valence-electron chi connectivity index (χ2n) is 14.7. The zero-order chi connectivity index (χ0) is 39.1. The standard InChI is InChI=1S/C36H59N7O7S2/c1-19(2)11-26(28(44)12-22(7)33(46)43-31(21(5)6)35(48)37-14-20(3)4)41-34(47)27(15-38-36(49)50-16-30-40-25(10)18-52-30)42-32(45)23(8)13-29-39-24(9)17-51-29/h17-23,26-28,31,44H,11-16H2,1-10H3,(H,37,48)(H,38,49)(H,41,47)(H,42,45)(H,43,46)/t22-,23+,26+,27+,28+,31+/m1/s1. The molecular weight excluding hydrogens is 707 g/mol. The predicted molar refractivity (Wildman–Crippen MR) is 202 cm³/mol. The number of hydrogen-bond donors (Lipinski definition) is 6. The molecule has 0 radical (unpaired) electrons. The minimum Gasteiger partial charge on any atom is -0.442 e. The van der Waals surface area contributed by atoms with Gasteiger partial charge in [0, 0.05) is 46.9 Å². The third-order valence-corrected chi connectivity index (χ3v) is 10.1. The lowest BCUT2D eigenvalue weighted by molar-refractivity contribution is -0.133. The third-order valence-electron chi connectivity index (χ3n) is 8.16. The van der Waals surface area contributed by atoms with E-state index in [0.29, 0.717) is 24.4 Å². The maximum absolute atomic E-state index is 13.8. The highest BCUT2D eigenvalue weighted by molar-refractivity contribution is 7.09. The molecule has 0 aromatic carbocycles. The Morgan fingerprint density at radius 3 is 1.85 bits per heavy atom. The van der Waals surface area contributed by atoms with Crippen LogP contribution in [0.25, 0.3) is 0 Å². The lowest BCUT2D eigenvalue weighted by atomic mass is 9.91. The summed E-state index contributed by atoms with van der Waals surface area (Å²) in [5.41, 5.74) is 1.66. The quantitative estimate of drug-likeness (QED) is 0.110. The number of nitrogens with zero attached hydrogens (tertiary/aromatic N) is 2. The topological polar surface area (TPSA) is 201 Å². The first-order valence-electron chi connectivity index (χ1n) is 18.0. The van der Waals surface area contributed by atoms with Gasteiger partial charge in [-0.1, -0.05) is 55.4 Å². The summed E-state index contributed by atoms with van der Waals surface area (Å²) in [5, 5.41) is 30.4. The van der Waals surface area contributed by atoms with E-state index in [1.807, 2.05) is 66.2 Å². The minimum atomic E-state index is -1.21. The molecule has 0 spiro atoms. The van der Waals surface area contributed by atoms with Crippen LogP contribution in [0, 0.1) is 43.4 Å². The van der Waals surface area contributed by atoms with Gasteiger partial charge < -0.3 is 36.4 Å². The smallest absolute Gasteiger partial charge is 0.407 e. The summed E-state index contributed by atoms with van der Waals surface area (Å²) in [4.78, 5) is 74.4. The first-order chi connectivity index (χ1) is 24.4. The van der Waals surface area contributed by atoms with E-state index in [-0.39, 0.29) is 43.2 Å². The largest absolute Gasteiger partial charge is 0.442 e. The average Bonchev–Trinajstić information content (AvgIpc) is 3.68. The summed E-state index contributed by atoms with van der Waals surface area (Å²) in [5.74, 6) is -2.77. The summed E-state index contributed by atoms with van der Waals surface area (Å²) in [6, 6.07) is -2.73. The molecule has 2 aromatic rings. The number of amides is 5. The molecular formula is C36H59N7O7S2. The van der Waals surface area contributed by atoms with Gasteiger partial charge in [0.15, 0.2) is 0 Å². The van der Waals surface area contributed by atoms with Crippen molar-refractivity contribution in [2.45, 2.75) is 119 Å². The number of rotatable bonds is 21. The number of alkyl carbamates (subject to hydrolysis) is 1. The Morgan fingerprint density at radius 1 is 0.712 bits per heavy atom. The fourth-order valence-electron chi connectivity index (χ4n) is 5.19. The van der Waals surface area contributed by atoms with Crippen LogP contribution in [0.1, 0.15) is 89.6 Å². The second-order valence-corrected chi connectivity index (χ2v) is 16.6. The SMILES string of the molecule is Cc1csc(COC(=O)NC[C@H](NC(=O)[C@@H](C)Cc2nc(C)cs2)C(=O)N[C@@H](CC(C)C)[C@@H](O)C[C@@H](C)C(=O)N[C@H](C(=O)NCC(C)C)C(C)C)n1. The summed E-state index contributed by atoms with van der Waals surface area (Å²) < 4.78 is 5.27. The van der Waals surface area contributed by atoms with Gasteiger partial charge in [-0.2, -0.15) is 0 Å². The van der Waals surface area contributed by atoms with Crippen LogP contribution in [-0.2, 0) is 36.9 Å². The Kier molecular flexibility index (Phi) is 18.7. The van der Waals surface area contributed by atoms with E-state index in [1.54, 1.807) is 13.8 Å². The highest BCUT2D eigenvalue weighted by Gasteiger charge is 2.32. The Hall–Kier alpha value is -3.63. The van der Waals surface area contributed by atoms with Gasteiger partial charge in [0.2, 0.25) is 23.6 Å². The van der Waals surface area contributed by atoms with Gasteiger partial charge in [-0.3, -0.25) is 19.2 Å². The summed E-state index contributed by atoms with van der Waals surface area (Å²) in [6.45, 7) is 18.8. The zero-order valence-electron chi connectivity index (χ0n) is 32.2. The van der Waals surface area contributed by atoms with Crippen molar-refractivity contribution < 1.29 is 33.8 Å². The van der Waals surface area contributed by atoms with E-state index in [4.69, 9.17) is 4.74 Å². The van der Waals surface area contributed by atoms with Gasteiger partial charge in [-0.25, -0.2) is 14.8 Å². The van der Waals surface area contributed by atoms with Crippen LogP contribution in [0.15, 0.2) is 10.8 Å². The number of hydrogen-bond acceptors (Lipinski definition) is 11. The number of thiazole rings is 2. The van der Waals surface area contributed by atoms with Crippen LogP contribution in [-0.4, -0.2) is 82.1 Å². The molecule has 2 aromatic heterocycles. The molecule has 16 heteroatoms. The van der Waals surface area contributed by atoms with Gasteiger partial charge in [0.05, 0.1) is 23.7 Å². The average molecular weight is 766 g/mol. The zero-order valence-corrected chi connectivity index (χ0v) is 33.8. The lowest BCUT2D eigenvalue weighted by Gasteiger charge is -2.30. The molecule has 0 aliphatic heterocycles. The van der Waals surface area contributed by atoms with Crippen molar-refractivity contribution in [3.63, 3.8) is 0 Å². The molecule has 52 heavy (non-hydrogen) atoms. The number of carbonyl (C=O) groups excluding carboxylic acids is 5. The van der Waals surface area contributed by atoms with Gasteiger partial charge in [-0.05, 0) is 44.4 Å². The molecule has 292 valence electrons. The van der Waals surface area contributed by atoms with Crippen molar-refractivity contribution in [3.8, 4) is 0 Å². The van der Waals surface area contributed by atoms with E-state index in [1.165, 1.54) is 22.7 Å². The van der Waals surface area contributed by atoms with Crippen LogP contribution in [0.4, 0.5) is 4.79 Å². The van der Waals surface area contributed by atoms with Crippen molar-refractivity contribution in [3.05, 3.63) is 32.2 Å². The molecule has 0 aliphatic carbocycles. The van der Waals surface area contributed by atoms with Crippen LogP contribution in [0.3, 0.4) is 0 Å². The first-order valence-corrected chi connectivity index (χ1v) is 19.7.